The highest BCUT2D eigenvalue weighted by Crippen LogP contribution is 2.62. The van der Waals surface area contributed by atoms with E-state index in [1.54, 1.807) is 0 Å². The highest BCUT2D eigenvalue weighted by Gasteiger charge is 2.85. The molecular weight excluding hydrogens is 1020 g/mol. The van der Waals surface area contributed by atoms with E-state index in [0.717, 1.165) is 88.9 Å². The van der Waals surface area contributed by atoms with E-state index >= 15 is 0 Å². The first-order valence-corrected chi connectivity index (χ1v) is 29.7. The zero-order valence-corrected chi connectivity index (χ0v) is 45.5. The normalized spacial score (nSPS) is 22.5. The predicted molar refractivity (Wildman–Crippen MR) is 269 cm³/mol. The van der Waals surface area contributed by atoms with Crippen molar-refractivity contribution in [2.75, 3.05) is 77.8 Å². The van der Waals surface area contributed by atoms with Crippen LogP contribution < -0.4 is 4.74 Å². The standard InChI is InChI=1S/C51H81F9N3O6PS2/c1-6-63(38(2)3)70(68-31-15-26-61)69-37-39(36-64)17-11-7-9-13-33-71-72-34-14-10-8-12-27-62(5)28-32-65-41-19-21-42-40(35-41)18-20-44-43(42)24-25-47(4)45(44)22-23-46(47)66-29-16-30-67-48(49(52,53)54,50(55,56)57)51(58,59)60/h19,21,35,38-39,43-46,64H,6-18,20,22-25,27-34,36-37H2,1-5H3. The molecule has 0 aromatic heterocycles. The first-order valence-electron chi connectivity index (χ1n) is 26.1. The summed E-state index contributed by atoms with van der Waals surface area (Å²) in [5.74, 6) is 4.32. The van der Waals surface area contributed by atoms with Crippen LogP contribution in [0.25, 0.3) is 0 Å². The topological polar surface area (TPSA) is 96.7 Å². The van der Waals surface area contributed by atoms with Gasteiger partial charge >= 0.3 is 24.1 Å². The van der Waals surface area contributed by atoms with Gasteiger partial charge < -0.3 is 33.3 Å². The van der Waals surface area contributed by atoms with Crippen LogP contribution in [0, 0.1) is 34.5 Å². The van der Waals surface area contributed by atoms with Gasteiger partial charge in [-0.3, -0.25) is 0 Å². The summed E-state index contributed by atoms with van der Waals surface area (Å²) in [5.41, 5.74) is -3.90. The Morgan fingerprint density at radius 2 is 1.49 bits per heavy atom. The molecule has 2 saturated carbocycles. The molecule has 72 heavy (non-hydrogen) atoms. The van der Waals surface area contributed by atoms with Crippen LogP contribution in [0.5, 0.6) is 5.75 Å². The largest absolute Gasteiger partial charge is 0.492 e. The summed E-state index contributed by atoms with van der Waals surface area (Å²) >= 11 is 0. The molecule has 416 valence electrons. The lowest BCUT2D eigenvalue weighted by Crippen LogP contribution is -2.67. The minimum Gasteiger partial charge on any atom is -0.492 e. The fraction of sp³-hybridized carbons (Fsp3) is 0.863. The molecule has 0 amide bonds. The average Bonchev–Trinajstić information content (AvgIpc) is 3.65. The summed E-state index contributed by atoms with van der Waals surface area (Å²) in [6, 6.07) is 8.79. The number of likely N-dealkylation sites (N-methyl/N-ethyl adjacent to an activating group) is 1. The van der Waals surface area contributed by atoms with Crippen LogP contribution in [0.1, 0.15) is 147 Å². The van der Waals surface area contributed by atoms with Gasteiger partial charge in [0, 0.05) is 49.8 Å². The van der Waals surface area contributed by atoms with E-state index in [4.69, 9.17) is 23.8 Å². The molecular formula is C51H81F9N3O6PS2. The monoisotopic (exact) mass is 1100 g/mol. The van der Waals surface area contributed by atoms with Crippen LogP contribution in [0.15, 0.2) is 18.2 Å². The highest BCUT2D eigenvalue weighted by atomic mass is 33.1. The number of aliphatic hydroxyl groups is 1. The van der Waals surface area contributed by atoms with Gasteiger partial charge in [-0.15, -0.1) is 0 Å². The van der Waals surface area contributed by atoms with E-state index in [9.17, 15) is 44.6 Å². The maximum atomic E-state index is 13.2. The molecule has 21 heteroatoms. The lowest BCUT2D eigenvalue weighted by Gasteiger charge is -2.50. The Hall–Kier alpha value is -1.27. The van der Waals surface area contributed by atoms with Gasteiger partial charge in [-0.2, -0.15) is 44.8 Å². The molecule has 0 aliphatic heterocycles. The van der Waals surface area contributed by atoms with Crippen molar-refractivity contribution >= 4 is 30.1 Å². The maximum Gasteiger partial charge on any atom is 0.435 e. The number of hydrogen-bond donors (Lipinski definition) is 1. The van der Waals surface area contributed by atoms with Crippen molar-refractivity contribution < 1.29 is 67.9 Å². The quantitative estimate of drug-likeness (QED) is 0.0305. The van der Waals surface area contributed by atoms with Crippen LogP contribution in [-0.2, 0) is 24.9 Å². The Morgan fingerprint density at radius 1 is 0.819 bits per heavy atom. The van der Waals surface area contributed by atoms with Crippen molar-refractivity contribution in [3.63, 3.8) is 0 Å². The summed E-state index contributed by atoms with van der Waals surface area (Å²) in [6.45, 7) is 10.8. The van der Waals surface area contributed by atoms with Gasteiger partial charge in [0.25, 0.3) is 8.53 Å². The third kappa shape index (κ3) is 17.9. The molecule has 7 unspecified atom stereocenters. The molecule has 3 aliphatic carbocycles. The van der Waals surface area contributed by atoms with E-state index in [1.165, 1.54) is 49.0 Å². The number of aliphatic hydroxyl groups excluding tert-OH is 1. The summed E-state index contributed by atoms with van der Waals surface area (Å²) < 4.78 is 149. The number of unbranched alkanes of at least 4 members (excludes halogenated alkanes) is 6. The van der Waals surface area contributed by atoms with E-state index in [1.807, 2.05) is 21.6 Å². The van der Waals surface area contributed by atoms with Crippen LogP contribution in [0.3, 0.4) is 0 Å². The van der Waals surface area contributed by atoms with E-state index in [-0.39, 0.29) is 36.7 Å². The molecule has 9 nitrogen and oxygen atoms in total. The Bertz CT molecular complexity index is 1710. The van der Waals surface area contributed by atoms with E-state index in [0.29, 0.717) is 50.4 Å². The van der Waals surface area contributed by atoms with Crippen LogP contribution >= 0.6 is 30.1 Å². The van der Waals surface area contributed by atoms with Gasteiger partial charge in [0.2, 0.25) is 0 Å². The zero-order valence-electron chi connectivity index (χ0n) is 43.0. The number of halogens is 9. The Kier molecular flexibility index (Phi) is 26.9. The molecule has 4 rings (SSSR count). The number of alkyl halides is 9. The number of nitriles is 1. The maximum absolute atomic E-state index is 13.2. The second-order valence-electron chi connectivity index (χ2n) is 20.2. The number of ether oxygens (including phenoxy) is 3. The lowest BCUT2D eigenvalue weighted by molar-refractivity contribution is -0.457. The second-order valence-corrected chi connectivity index (χ2v) is 24.4. The fourth-order valence-electron chi connectivity index (χ4n) is 10.9. The molecule has 0 saturated heterocycles. The van der Waals surface area contributed by atoms with Crippen LogP contribution in [0.4, 0.5) is 39.5 Å². The van der Waals surface area contributed by atoms with E-state index in [2.05, 4.69) is 73.3 Å². The number of fused-ring (bicyclic) bond motifs is 5. The Labute approximate surface area is 432 Å². The highest BCUT2D eigenvalue weighted by molar-refractivity contribution is 8.76. The van der Waals surface area contributed by atoms with Crippen LogP contribution in [-0.4, -0.2) is 129 Å². The molecule has 1 aromatic rings. The molecule has 0 bridgehead atoms. The summed E-state index contributed by atoms with van der Waals surface area (Å²) in [7, 11) is 4.82. The number of benzene rings is 1. The third-order valence-electron chi connectivity index (χ3n) is 14.9. The number of hydrogen-bond acceptors (Lipinski definition) is 11. The first-order chi connectivity index (χ1) is 34.1. The smallest absolute Gasteiger partial charge is 0.435 e. The van der Waals surface area contributed by atoms with Gasteiger partial charge in [0.15, 0.2) is 0 Å². The predicted octanol–water partition coefficient (Wildman–Crippen LogP) is 14.5. The molecule has 1 N–H and O–H groups in total. The van der Waals surface area contributed by atoms with Gasteiger partial charge in [-0.05, 0) is 144 Å². The average molecular weight is 1100 g/mol. The Morgan fingerprint density at radius 3 is 2.11 bits per heavy atom. The van der Waals surface area contributed by atoms with Crippen molar-refractivity contribution in [1.29, 1.82) is 5.26 Å². The van der Waals surface area contributed by atoms with E-state index < -0.39 is 45.7 Å². The summed E-state index contributed by atoms with van der Waals surface area (Å²) in [4.78, 5) is 2.32. The molecule has 1 aromatic carbocycles. The molecule has 2 fully saturated rings. The summed E-state index contributed by atoms with van der Waals surface area (Å²) in [5, 5.41) is 18.8. The minimum absolute atomic E-state index is 0.0863. The fourth-order valence-corrected chi connectivity index (χ4v) is 14.8. The Balaban J connectivity index is 1.03. The molecule has 0 spiro atoms. The summed E-state index contributed by atoms with van der Waals surface area (Å²) in [6.07, 6.45) is -5.32. The van der Waals surface area contributed by atoms with Crippen molar-refractivity contribution in [3.8, 4) is 11.8 Å². The zero-order chi connectivity index (χ0) is 53.0. The van der Waals surface area contributed by atoms with Gasteiger partial charge in [-0.25, -0.2) is 4.67 Å². The van der Waals surface area contributed by atoms with Crippen molar-refractivity contribution in [1.82, 2.24) is 9.57 Å². The SMILES string of the molecule is CCN(C(C)C)P(OCCC#N)OCC(CO)CCCCCCSSCCCCCCN(C)CCOc1ccc2c(c1)CCC1C2CCC2(C)C(OCCCOC(C(F)(F)F)(C(F)(F)F)C(F)(F)F)CCC12. The minimum atomic E-state index is -6.74. The van der Waals surface area contributed by atoms with Crippen LogP contribution in [0.2, 0.25) is 0 Å². The van der Waals surface area contributed by atoms with Crippen molar-refractivity contribution in [2.24, 2.45) is 23.2 Å². The van der Waals surface area contributed by atoms with Crippen molar-refractivity contribution in [3.05, 3.63) is 29.3 Å². The third-order valence-corrected chi connectivity index (χ3v) is 19.4. The van der Waals surface area contributed by atoms with Gasteiger partial charge in [0.1, 0.15) is 12.4 Å². The molecule has 0 radical (unpaired) electrons. The van der Waals surface area contributed by atoms with Gasteiger partial charge in [0.05, 0.1) is 38.4 Å². The number of nitrogens with zero attached hydrogens (tertiary/aromatic N) is 3. The number of rotatable bonds is 35. The molecule has 3 aliphatic rings. The lowest BCUT2D eigenvalue weighted by atomic mass is 9.55. The van der Waals surface area contributed by atoms with Crippen molar-refractivity contribution in [2.45, 2.75) is 179 Å². The first kappa shape index (κ1) is 63.3. The number of aryl methyl sites for hydroxylation is 1. The van der Waals surface area contributed by atoms with Gasteiger partial charge in [-0.1, -0.05) is 73.6 Å². The molecule has 7 atom stereocenters. The second kappa shape index (κ2) is 30.6. The molecule has 0 heterocycles.